The molecule has 2 fully saturated rings. The number of para-hydroxylation sites is 1. The van der Waals surface area contributed by atoms with Gasteiger partial charge in [-0.3, -0.25) is 4.57 Å². The molecule has 1 saturated heterocycles. The van der Waals surface area contributed by atoms with Crippen LogP contribution in [0.5, 0.6) is 0 Å². The molecule has 2 atom stereocenters. The zero-order valence-corrected chi connectivity index (χ0v) is 19.2. The summed E-state index contributed by atoms with van der Waals surface area (Å²) >= 11 is 0. The lowest BCUT2D eigenvalue weighted by atomic mass is 9.89. The summed E-state index contributed by atoms with van der Waals surface area (Å²) < 4.78 is 1.97. The van der Waals surface area contributed by atoms with E-state index in [0.29, 0.717) is 18.0 Å². The molecule has 0 bridgehead atoms. The van der Waals surface area contributed by atoms with Crippen molar-refractivity contribution in [1.29, 1.82) is 0 Å². The van der Waals surface area contributed by atoms with Crippen LogP contribution in [0, 0.1) is 5.92 Å². The predicted octanol–water partition coefficient (Wildman–Crippen LogP) is 5.16. The maximum atomic E-state index is 12.9. The van der Waals surface area contributed by atoms with E-state index >= 15 is 0 Å². The number of imidazole rings is 1. The highest BCUT2D eigenvalue weighted by molar-refractivity contribution is 5.89. The second-order valence-corrected chi connectivity index (χ2v) is 9.71. The van der Waals surface area contributed by atoms with Crippen LogP contribution in [0.1, 0.15) is 45.4 Å². The molecule has 2 aliphatic rings. The average Bonchev–Trinajstić information content (AvgIpc) is 3.28. The Morgan fingerprint density at radius 1 is 1.03 bits per heavy atom. The van der Waals surface area contributed by atoms with Crippen LogP contribution in [0.3, 0.4) is 0 Å². The molecule has 3 aromatic rings. The number of nitrogens with zero attached hydrogens (tertiary/aromatic N) is 2. The zero-order chi connectivity index (χ0) is 22.1. The van der Waals surface area contributed by atoms with Gasteiger partial charge in [-0.25, -0.2) is 4.79 Å². The van der Waals surface area contributed by atoms with Crippen molar-refractivity contribution in [1.82, 2.24) is 14.5 Å². The minimum absolute atomic E-state index is 0.00218. The lowest BCUT2D eigenvalue weighted by Gasteiger charge is -2.25. The first kappa shape index (κ1) is 21.1. The summed E-state index contributed by atoms with van der Waals surface area (Å²) in [6.07, 6.45) is 7.46. The number of likely N-dealkylation sites (N-methyl/N-ethyl adjacent to an activating group) is 1. The third kappa shape index (κ3) is 4.29. The SMILES string of the molecule is CC1C(Nc2cc3c(cc2Nc2ccccc2)[nH]c(=O)n3CC2CCCCC2)CCN1C. The van der Waals surface area contributed by atoms with E-state index in [9.17, 15) is 4.79 Å². The largest absolute Gasteiger partial charge is 0.379 e. The standard InChI is InChI=1S/C26H35N5O/c1-18-21(13-14-30(18)2)28-23-16-25-24(15-22(23)27-20-11-7-4-8-12-20)29-26(32)31(25)17-19-9-5-3-6-10-19/h4,7-8,11-12,15-16,18-19,21,27-28H,3,5-6,9-10,13-14,17H2,1-2H3,(H,29,32). The molecule has 5 rings (SSSR count). The number of aromatic nitrogens is 2. The van der Waals surface area contributed by atoms with Gasteiger partial charge >= 0.3 is 5.69 Å². The molecule has 1 aromatic heterocycles. The molecule has 1 aliphatic carbocycles. The van der Waals surface area contributed by atoms with Crippen LogP contribution >= 0.6 is 0 Å². The maximum Gasteiger partial charge on any atom is 0.326 e. The van der Waals surface area contributed by atoms with Crippen LogP contribution in [0.2, 0.25) is 0 Å². The fourth-order valence-corrected chi connectivity index (χ4v) is 5.40. The van der Waals surface area contributed by atoms with Gasteiger partial charge in [0.15, 0.2) is 0 Å². The number of nitrogens with one attached hydrogen (secondary N) is 3. The number of anilines is 3. The molecule has 0 amide bonds. The zero-order valence-electron chi connectivity index (χ0n) is 19.2. The molecular weight excluding hydrogens is 398 g/mol. The van der Waals surface area contributed by atoms with Crippen molar-refractivity contribution in [2.45, 2.75) is 64.1 Å². The molecule has 1 saturated carbocycles. The van der Waals surface area contributed by atoms with Crippen LogP contribution in [0.15, 0.2) is 47.3 Å². The van der Waals surface area contributed by atoms with E-state index < -0.39 is 0 Å². The van der Waals surface area contributed by atoms with Gasteiger partial charge in [0.05, 0.1) is 22.4 Å². The summed E-state index contributed by atoms with van der Waals surface area (Å²) in [6, 6.07) is 15.3. The van der Waals surface area contributed by atoms with E-state index in [1.54, 1.807) is 0 Å². The van der Waals surface area contributed by atoms with E-state index in [1.807, 2.05) is 22.8 Å². The minimum atomic E-state index is 0.00218. The Bertz CT molecular complexity index is 1110. The van der Waals surface area contributed by atoms with Crippen LogP contribution in [0.25, 0.3) is 11.0 Å². The Labute approximate surface area is 190 Å². The first-order valence-corrected chi connectivity index (χ1v) is 12.1. The number of benzene rings is 2. The van der Waals surface area contributed by atoms with Crippen LogP contribution in [-0.4, -0.2) is 40.1 Å². The van der Waals surface area contributed by atoms with E-state index in [2.05, 4.69) is 58.8 Å². The van der Waals surface area contributed by atoms with Crippen molar-refractivity contribution >= 4 is 28.1 Å². The Balaban J connectivity index is 1.52. The molecule has 3 N–H and O–H groups in total. The number of H-pyrrole nitrogens is 1. The Hall–Kier alpha value is -2.73. The summed E-state index contributed by atoms with van der Waals surface area (Å²) in [5.41, 5.74) is 4.99. The first-order chi connectivity index (χ1) is 15.6. The number of rotatable bonds is 6. The quantitative estimate of drug-likeness (QED) is 0.502. The highest BCUT2D eigenvalue weighted by atomic mass is 16.1. The second kappa shape index (κ2) is 9.02. The molecule has 0 spiro atoms. The van der Waals surface area contributed by atoms with Gasteiger partial charge in [0, 0.05) is 30.9 Å². The number of hydrogen-bond donors (Lipinski definition) is 3. The second-order valence-electron chi connectivity index (χ2n) is 9.71. The molecule has 2 unspecified atom stereocenters. The molecule has 6 nitrogen and oxygen atoms in total. The van der Waals surface area contributed by atoms with Crippen molar-refractivity contribution in [3.8, 4) is 0 Å². The highest BCUT2D eigenvalue weighted by Gasteiger charge is 2.28. The number of likely N-dealkylation sites (tertiary alicyclic amines) is 1. The topological polar surface area (TPSA) is 65.1 Å². The first-order valence-electron chi connectivity index (χ1n) is 12.1. The van der Waals surface area contributed by atoms with E-state index in [-0.39, 0.29) is 5.69 Å². The van der Waals surface area contributed by atoms with Crippen molar-refractivity contribution in [2.75, 3.05) is 24.2 Å². The third-order valence-electron chi connectivity index (χ3n) is 7.54. The van der Waals surface area contributed by atoms with E-state index in [1.165, 1.54) is 32.1 Å². The van der Waals surface area contributed by atoms with Crippen LogP contribution < -0.4 is 16.3 Å². The fourth-order valence-electron chi connectivity index (χ4n) is 5.40. The summed E-state index contributed by atoms with van der Waals surface area (Å²) in [7, 11) is 2.19. The van der Waals surface area contributed by atoms with Gasteiger partial charge in [-0.05, 0) is 63.4 Å². The van der Waals surface area contributed by atoms with Gasteiger partial charge in [-0.2, -0.15) is 0 Å². The molecule has 6 heteroatoms. The highest BCUT2D eigenvalue weighted by Crippen LogP contribution is 2.33. The molecule has 0 radical (unpaired) electrons. The smallest absolute Gasteiger partial charge is 0.326 e. The Morgan fingerprint density at radius 2 is 1.81 bits per heavy atom. The average molecular weight is 434 g/mol. The Morgan fingerprint density at radius 3 is 2.53 bits per heavy atom. The van der Waals surface area contributed by atoms with Crippen molar-refractivity contribution in [3.63, 3.8) is 0 Å². The normalized spacial score (nSPS) is 22.4. The summed E-state index contributed by atoms with van der Waals surface area (Å²) in [4.78, 5) is 18.4. The van der Waals surface area contributed by atoms with Gasteiger partial charge in [-0.15, -0.1) is 0 Å². The summed E-state index contributed by atoms with van der Waals surface area (Å²) in [5.74, 6) is 0.600. The van der Waals surface area contributed by atoms with E-state index in [0.717, 1.165) is 47.6 Å². The van der Waals surface area contributed by atoms with Crippen molar-refractivity contribution in [3.05, 3.63) is 52.9 Å². The molecule has 2 aromatic carbocycles. The van der Waals surface area contributed by atoms with Crippen LogP contribution in [0.4, 0.5) is 17.1 Å². The molecule has 32 heavy (non-hydrogen) atoms. The molecular formula is C26H35N5O. The number of fused-ring (bicyclic) bond motifs is 1. The van der Waals surface area contributed by atoms with Crippen LogP contribution in [-0.2, 0) is 6.54 Å². The van der Waals surface area contributed by atoms with Crippen molar-refractivity contribution < 1.29 is 0 Å². The summed E-state index contributed by atoms with van der Waals surface area (Å²) in [5, 5.41) is 7.38. The molecule has 2 heterocycles. The van der Waals surface area contributed by atoms with Crippen molar-refractivity contribution in [2.24, 2.45) is 5.92 Å². The third-order valence-corrected chi connectivity index (χ3v) is 7.54. The fraction of sp³-hybridized carbons (Fsp3) is 0.500. The van der Waals surface area contributed by atoms with Gasteiger partial charge in [-0.1, -0.05) is 37.5 Å². The van der Waals surface area contributed by atoms with Gasteiger partial charge in [0.2, 0.25) is 0 Å². The number of hydrogen-bond acceptors (Lipinski definition) is 4. The van der Waals surface area contributed by atoms with Gasteiger partial charge < -0.3 is 20.5 Å². The lowest BCUT2D eigenvalue weighted by molar-refractivity contribution is 0.319. The maximum absolute atomic E-state index is 12.9. The predicted molar refractivity (Wildman–Crippen MR) is 133 cm³/mol. The molecule has 170 valence electrons. The monoisotopic (exact) mass is 433 g/mol. The minimum Gasteiger partial charge on any atom is -0.379 e. The summed E-state index contributed by atoms with van der Waals surface area (Å²) in [6.45, 7) is 4.19. The van der Waals surface area contributed by atoms with Gasteiger partial charge in [0.1, 0.15) is 0 Å². The lowest BCUT2D eigenvalue weighted by Crippen LogP contribution is -2.33. The molecule has 1 aliphatic heterocycles. The van der Waals surface area contributed by atoms with E-state index in [4.69, 9.17) is 0 Å². The van der Waals surface area contributed by atoms with Gasteiger partial charge in [0.25, 0.3) is 0 Å². The number of aromatic amines is 1. The Kier molecular flexibility index (Phi) is 5.96.